The van der Waals surface area contributed by atoms with Gasteiger partial charge >= 0.3 is 0 Å². The van der Waals surface area contributed by atoms with Crippen LogP contribution in [0.4, 0.5) is 0 Å². The highest BCUT2D eigenvalue weighted by molar-refractivity contribution is 6.30. The Labute approximate surface area is 180 Å². The summed E-state index contributed by atoms with van der Waals surface area (Å²) in [6, 6.07) is 11.8. The Morgan fingerprint density at radius 1 is 1.07 bits per heavy atom. The second-order valence-electron chi connectivity index (χ2n) is 8.27. The predicted molar refractivity (Wildman–Crippen MR) is 115 cm³/mol. The molecule has 0 bridgehead atoms. The third-order valence-corrected chi connectivity index (χ3v) is 6.81. The first-order chi connectivity index (χ1) is 14.7. The molecule has 1 aliphatic carbocycles. The number of halogens is 1. The number of pyridine rings is 1. The fourth-order valence-electron chi connectivity index (χ4n) is 4.62. The Balaban J connectivity index is 1.30. The Morgan fingerprint density at radius 2 is 1.83 bits per heavy atom. The normalized spacial score (nSPS) is 20.0. The molecule has 5 rings (SSSR count). The van der Waals surface area contributed by atoms with Gasteiger partial charge in [0, 0.05) is 42.0 Å². The highest BCUT2D eigenvalue weighted by Gasteiger charge is 2.46. The van der Waals surface area contributed by atoms with Crippen LogP contribution in [0.1, 0.15) is 43.5 Å². The van der Waals surface area contributed by atoms with Gasteiger partial charge in [0.1, 0.15) is 5.82 Å². The summed E-state index contributed by atoms with van der Waals surface area (Å²) in [5.74, 6) is 2.00. The molecule has 1 amide bonds. The third-order valence-electron chi connectivity index (χ3n) is 6.56. The first-order valence-corrected chi connectivity index (χ1v) is 10.9. The molecule has 1 aliphatic heterocycles. The minimum atomic E-state index is -0.409. The van der Waals surface area contributed by atoms with Gasteiger partial charge in [-0.3, -0.25) is 9.78 Å². The van der Waals surface area contributed by atoms with Crippen molar-refractivity contribution < 1.29 is 4.79 Å². The molecule has 1 unspecified atom stereocenters. The van der Waals surface area contributed by atoms with Crippen LogP contribution < -0.4 is 5.32 Å². The number of aromatic nitrogens is 4. The number of rotatable bonds is 4. The number of amides is 1. The molecular formula is C23H24ClN5O. The molecule has 1 saturated carbocycles. The molecule has 0 radical (unpaired) electrons. The lowest BCUT2D eigenvalue weighted by atomic mass is 9.63. The quantitative estimate of drug-likeness (QED) is 0.692. The molecule has 7 heteroatoms. The summed E-state index contributed by atoms with van der Waals surface area (Å²) < 4.78 is 2.18. The van der Waals surface area contributed by atoms with E-state index in [1.54, 1.807) is 12.4 Å². The van der Waals surface area contributed by atoms with Gasteiger partial charge in [-0.1, -0.05) is 30.2 Å². The molecule has 3 aromatic rings. The van der Waals surface area contributed by atoms with Crippen LogP contribution in [0.5, 0.6) is 0 Å². The number of benzene rings is 1. The highest BCUT2D eigenvalue weighted by Crippen LogP contribution is 2.44. The molecule has 6 nitrogen and oxygen atoms in total. The smallest absolute Gasteiger partial charge is 0.230 e. The number of nitrogens with zero attached hydrogens (tertiary/aromatic N) is 4. The number of carbonyl (C=O) groups excluding carboxylic acids is 1. The van der Waals surface area contributed by atoms with E-state index in [1.807, 2.05) is 36.4 Å². The predicted octanol–water partition coefficient (Wildman–Crippen LogP) is 3.94. The third kappa shape index (κ3) is 3.39. The highest BCUT2D eigenvalue weighted by atomic mass is 35.5. The Kier molecular flexibility index (Phi) is 5.03. The van der Waals surface area contributed by atoms with Crippen molar-refractivity contribution in [1.82, 2.24) is 25.1 Å². The number of hydrogen-bond acceptors (Lipinski definition) is 4. The Hall–Kier alpha value is -2.73. The molecular weight excluding hydrogens is 398 g/mol. The molecule has 0 saturated heterocycles. The van der Waals surface area contributed by atoms with Crippen molar-refractivity contribution in [2.45, 2.75) is 56.5 Å². The van der Waals surface area contributed by atoms with E-state index < -0.39 is 5.41 Å². The summed E-state index contributed by atoms with van der Waals surface area (Å²) in [5.41, 5.74) is 1.68. The molecule has 30 heavy (non-hydrogen) atoms. The van der Waals surface area contributed by atoms with E-state index in [9.17, 15) is 4.79 Å². The van der Waals surface area contributed by atoms with Gasteiger partial charge in [0.25, 0.3) is 0 Å². The van der Waals surface area contributed by atoms with Crippen molar-refractivity contribution in [2.24, 2.45) is 0 Å². The van der Waals surface area contributed by atoms with E-state index in [-0.39, 0.29) is 11.9 Å². The van der Waals surface area contributed by atoms with Crippen molar-refractivity contribution in [1.29, 1.82) is 0 Å². The summed E-state index contributed by atoms with van der Waals surface area (Å²) in [6.45, 7) is 0.791. The zero-order chi connectivity index (χ0) is 20.6. The van der Waals surface area contributed by atoms with Gasteiger partial charge in [-0.25, -0.2) is 0 Å². The van der Waals surface area contributed by atoms with Crippen LogP contribution in [0.25, 0.3) is 11.4 Å². The number of aryl methyl sites for hydroxylation is 1. The molecule has 3 heterocycles. The van der Waals surface area contributed by atoms with E-state index in [0.29, 0.717) is 5.02 Å². The SMILES string of the molecule is O=C(NC1CCc2nnc(-c3ccncc3)n2CC1)C1(c2ccc(Cl)cc2)CCC1. The summed E-state index contributed by atoms with van der Waals surface area (Å²) in [6.07, 6.45) is 8.95. The van der Waals surface area contributed by atoms with E-state index >= 15 is 0 Å². The van der Waals surface area contributed by atoms with Gasteiger partial charge in [-0.2, -0.15) is 0 Å². The average Bonchev–Trinajstić information content (AvgIpc) is 3.04. The number of fused-ring (bicyclic) bond motifs is 1. The van der Waals surface area contributed by atoms with Gasteiger partial charge in [0.2, 0.25) is 5.91 Å². The zero-order valence-electron chi connectivity index (χ0n) is 16.7. The van der Waals surface area contributed by atoms with Crippen LogP contribution in [-0.4, -0.2) is 31.7 Å². The topological polar surface area (TPSA) is 72.7 Å². The van der Waals surface area contributed by atoms with Crippen molar-refractivity contribution >= 4 is 17.5 Å². The monoisotopic (exact) mass is 421 g/mol. The van der Waals surface area contributed by atoms with Crippen LogP contribution in [0.2, 0.25) is 5.02 Å². The Bertz CT molecular complexity index is 1040. The first-order valence-electron chi connectivity index (χ1n) is 10.6. The van der Waals surface area contributed by atoms with Crippen molar-refractivity contribution in [2.75, 3.05) is 0 Å². The molecule has 1 atom stereocenters. The van der Waals surface area contributed by atoms with Gasteiger partial charge in [0.05, 0.1) is 5.41 Å². The van der Waals surface area contributed by atoms with Crippen LogP contribution in [0, 0.1) is 0 Å². The number of carbonyl (C=O) groups is 1. The number of nitrogens with one attached hydrogen (secondary N) is 1. The molecule has 0 spiro atoms. The van der Waals surface area contributed by atoms with Crippen molar-refractivity contribution in [3.63, 3.8) is 0 Å². The zero-order valence-corrected chi connectivity index (χ0v) is 17.5. The second-order valence-corrected chi connectivity index (χ2v) is 8.70. The number of hydrogen-bond donors (Lipinski definition) is 1. The lowest BCUT2D eigenvalue weighted by molar-refractivity contribution is -0.130. The minimum Gasteiger partial charge on any atom is -0.353 e. The summed E-state index contributed by atoms with van der Waals surface area (Å²) >= 11 is 6.05. The fraction of sp³-hybridized carbons (Fsp3) is 0.391. The van der Waals surface area contributed by atoms with Crippen LogP contribution in [0.15, 0.2) is 48.8 Å². The summed E-state index contributed by atoms with van der Waals surface area (Å²) in [7, 11) is 0. The molecule has 2 aromatic heterocycles. The summed E-state index contributed by atoms with van der Waals surface area (Å²) in [5, 5.41) is 12.9. The summed E-state index contributed by atoms with van der Waals surface area (Å²) in [4.78, 5) is 17.4. The van der Waals surface area contributed by atoms with Crippen LogP contribution in [-0.2, 0) is 23.2 Å². The maximum Gasteiger partial charge on any atom is 0.230 e. The molecule has 1 aromatic carbocycles. The minimum absolute atomic E-state index is 0.134. The molecule has 1 N–H and O–H groups in total. The maximum atomic E-state index is 13.3. The van der Waals surface area contributed by atoms with Crippen molar-refractivity contribution in [3.8, 4) is 11.4 Å². The second kappa shape index (κ2) is 7.84. The first kappa shape index (κ1) is 19.2. The van der Waals surface area contributed by atoms with Crippen LogP contribution >= 0.6 is 11.6 Å². The van der Waals surface area contributed by atoms with E-state index in [2.05, 4.69) is 25.1 Å². The molecule has 2 aliphatic rings. The fourth-order valence-corrected chi connectivity index (χ4v) is 4.74. The van der Waals surface area contributed by atoms with Gasteiger partial charge < -0.3 is 9.88 Å². The van der Waals surface area contributed by atoms with E-state index in [4.69, 9.17) is 11.6 Å². The maximum absolute atomic E-state index is 13.3. The van der Waals surface area contributed by atoms with Gasteiger partial charge in [-0.15, -0.1) is 10.2 Å². The van der Waals surface area contributed by atoms with E-state index in [1.165, 1.54) is 0 Å². The lowest BCUT2D eigenvalue weighted by Gasteiger charge is -2.41. The largest absolute Gasteiger partial charge is 0.353 e. The average molecular weight is 422 g/mol. The van der Waals surface area contributed by atoms with Crippen molar-refractivity contribution in [3.05, 3.63) is 65.2 Å². The Morgan fingerprint density at radius 3 is 2.53 bits per heavy atom. The van der Waals surface area contributed by atoms with Crippen LogP contribution in [0.3, 0.4) is 0 Å². The lowest BCUT2D eigenvalue weighted by Crippen LogP contribution is -2.52. The van der Waals surface area contributed by atoms with E-state index in [0.717, 1.165) is 67.8 Å². The van der Waals surface area contributed by atoms with Gasteiger partial charge in [-0.05, 0) is 55.5 Å². The molecule has 154 valence electrons. The molecule has 1 fully saturated rings. The standard InChI is InChI=1S/C23H24ClN5O/c24-18-4-2-17(3-5-18)23(11-1-12-23)22(30)26-19-6-7-20-27-28-21(29(20)15-10-19)16-8-13-25-14-9-16/h2-5,8-9,13-14,19H,1,6-7,10-12,15H2,(H,26,30). The van der Waals surface area contributed by atoms with Gasteiger partial charge in [0.15, 0.2) is 5.82 Å².